The summed E-state index contributed by atoms with van der Waals surface area (Å²) in [6, 6.07) is 33.3. The quantitative estimate of drug-likeness (QED) is 0.0157. The fourth-order valence-corrected chi connectivity index (χ4v) is 11.5. The predicted octanol–water partition coefficient (Wildman–Crippen LogP) is 17.7. The Morgan fingerprint density at radius 2 is 1.05 bits per heavy atom. The standard InChI is InChI=1S/C35H43F3N3O2S.C26H17N3O4S2.CNS.Ru/c1-3-5-7-9-11-13-22-42-29-16-15-17-30(43-23-14-12-10-8-6-4-2)34(29)32-19-18-31(44-32)26-20-21-39-27(24-26)28-25-33(41-40-28)35(36,37)38;1-16-2-3-25(34-16)26-5-4-24(35-26)17-6-8-27-20(10-17)22-12-19(33-15-31)13-23(29-22)21-11-18(32-14-30)7-9-28-21;2-1-3;/h15-21,24-25H,3-14,22-23H2,1-2H3;2-15H,1H3;;/q-1;;-1;+2. The van der Waals surface area contributed by atoms with E-state index in [-0.39, 0.29) is 25.2 Å². The van der Waals surface area contributed by atoms with Gasteiger partial charge in [-0.05, 0) is 116 Å². The van der Waals surface area contributed by atoms with Crippen molar-refractivity contribution in [2.24, 2.45) is 0 Å². The second kappa shape index (κ2) is 33.9. The number of thiocarbonyl (C=S) groups is 1. The van der Waals surface area contributed by atoms with Gasteiger partial charge in [-0.2, -0.15) is 18.3 Å². The molecule has 0 aliphatic carbocycles. The van der Waals surface area contributed by atoms with Gasteiger partial charge in [-0.1, -0.05) is 102 Å². The Hall–Kier alpha value is -7.12. The van der Waals surface area contributed by atoms with Crippen LogP contribution in [0.3, 0.4) is 0 Å². The van der Waals surface area contributed by atoms with Crippen LogP contribution in [0.4, 0.5) is 13.2 Å². The van der Waals surface area contributed by atoms with Crippen LogP contribution >= 0.6 is 46.2 Å². The molecule has 9 rings (SSSR count). The molecule has 83 heavy (non-hydrogen) atoms. The van der Waals surface area contributed by atoms with E-state index < -0.39 is 11.9 Å². The van der Waals surface area contributed by atoms with E-state index in [4.69, 9.17) is 24.4 Å². The summed E-state index contributed by atoms with van der Waals surface area (Å²) >= 11 is 8.76. The Morgan fingerprint density at radius 3 is 1.60 bits per heavy atom. The summed E-state index contributed by atoms with van der Waals surface area (Å²) in [5.74, 6) is 2.22. The zero-order valence-corrected chi connectivity index (χ0v) is 50.9. The van der Waals surface area contributed by atoms with Gasteiger partial charge in [0.05, 0.1) is 47.2 Å². The summed E-state index contributed by atoms with van der Waals surface area (Å²) in [6.45, 7) is 8.53. The number of hydrogen-bond acceptors (Lipinski definition) is 15. The minimum Gasteiger partial charge on any atom is -0.753 e. The predicted molar refractivity (Wildman–Crippen MR) is 324 cm³/mol. The van der Waals surface area contributed by atoms with E-state index in [9.17, 15) is 22.8 Å². The number of hydrogen-bond donors (Lipinski definition) is 0. The number of pyridine rings is 4. The number of aromatic nitrogens is 6. The number of carbonyl (C=O) groups is 2. The molecule has 0 unspecified atom stereocenters. The van der Waals surface area contributed by atoms with Crippen LogP contribution in [0.25, 0.3) is 80.6 Å². The van der Waals surface area contributed by atoms with Crippen LogP contribution in [0.2, 0.25) is 0 Å². The van der Waals surface area contributed by atoms with Crippen molar-refractivity contribution in [3.8, 4) is 98.2 Å². The number of thiophene rings is 3. The molecular formula is C62H60F3N7O6RuS4. The van der Waals surface area contributed by atoms with Crippen molar-refractivity contribution in [1.29, 1.82) is 0 Å². The second-order valence-electron chi connectivity index (χ2n) is 18.5. The van der Waals surface area contributed by atoms with Gasteiger partial charge in [0.2, 0.25) is 0 Å². The van der Waals surface area contributed by atoms with Crippen molar-refractivity contribution in [2.75, 3.05) is 13.2 Å². The number of nitrogens with zero attached hydrogens (tertiary/aromatic N) is 7. The number of isothiocyanates is 1. The normalized spacial score (nSPS) is 10.8. The molecule has 0 aliphatic rings. The van der Waals surface area contributed by atoms with Crippen molar-refractivity contribution >= 4 is 64.3 Å². The van der Waals surface area contributed by atoms with Gasteiger partial charge in [0.25, 0.3) is 12.9 Å². The van der Waals surface area contributed by atoms with E-state index >= 15 is 0 Å². The Kier molecular flexibility index (Phi) is 26.5. The number of halogens is 3. The molecule has 13 nitrogen and oxygen atoms in total. The number of alkyl halides is 3. The maximum atomic E-state index is 13.1. The number of benzene rings is 1. The summed E-state index contributed by atoms with van der Waals surface area (Å²) < 4.78 is 61.9. The Morgan fingerprint density at radius 1 is 0.578 bits per heavy atom. The first kappa shape index (κ1) is 65.0. The summed E-state index contributed by atoms with van der Waals surface area (Å²) in [7, 11) is 0. The zero-order valence-electron chi connectivity index (χ0n) is 45.9. The van der Waals surface area contributed by atoms with Crippen molar-refractivity contribution in [2.45, 2.75) is 104 Å². The molecule has 0 fully saturated rings. The van der Waals surface area contributed by atoms with E-state index in [1.807, 2.05) is 42.5 Å². The molecule has 0 amide bonds. The minimum atomic E-state index is -4.55. The molecular weight excluding hydrogens is 1230 g/mol. The minimum absolute atomic E-state index is 0. The molecule has 432 valence electrons. The Balaban J connectivity index is 0.000000257. The van der Waals surface area contributed by atoms with Gasteiger partial charge >= 0.3 is 25.7 Å². The van der Waals surface area contributed by atoms with E-state index in [2.05, 4.69) is 93.5 Å². The van der Waals surface area contributed by atoms with Crippen molar-refractivity contribution in [1.82, 2.24) is 30.1 Å². The van der Waals surface area contributed by atoms with Gasteiger partial charge in [-0.25, -0.2) is 4.98 Å². The van der Waals surface area contributed by atoms with Gasteiger partial charge in [0.15, 0.2) is 0 Å². The van der Waals surface area contributed by atoms with Crippen LogP contribution in [0.1, 0.15) is 101 Å². The molecule has 0 saturated carbocycles. The third-order valence-corrected chi connectivity index (χ3v) is 16.0. The van der Waals surface area contributed by atoms with Crippen LogP contribution in [0, 0.1) is 6.92 Å². The topological polar surface area (TPSA) is 172 Å². The summed E-state index contributed by atoms with van der Waals surface area (Å²) in [5, 5.41) is 15.5. The third kappa shape index (κ3) is 19.5. The molecule has 21 heteroatoms. The van der Waals surface area contributed by atoms with Crippen LogP contribution in [0.15, 0.2) is 128 Å². The molecule has 9 aromatic rings. The van der Waals surface area contributed by atoms with Gasteiger partial charge < -0.3 is 34.6 Å². The molecule has 0 saturated heterocycles. The molecule has 0 bridgehead atoms. The maximum Gasteiger partial charge on any atom is 2.00 e. The molecule has 0 spiro atoms. The van der Waals surface area contributed by atoms with Crippen LogP contribution in [-0.2, 0) is 35.2 Å². The van der Waals surface area contributed by atoms with Crippen molar-refractivity contribution < 1.29 is 61.2 Å². The summed E-state index contributed by atoms with van der Waals surface area (Å²) in [5.41, 5.74) is 4.20. The largest absolute Gasteiger partial charge is 2.00 e. The second-order valence-corrected chi connectivity index (χ2v) is 22.2. The summed E-state index contributed by atoms with van der Waals surface area (Å²) in [4.78, 5) is 46.3. The number of aryl methyl sites for hydroxylation is 1. The van der Waals surface area contributed by atoms with Gasteiger partial charge in [0, 0.05) is 66.1 Å². The average Bonchev–Trinajstić information content (AvgIpc) is 4.34. The molecule has 8 heterocycles. The van der Waals surface area contributed by atoms with E-state index in [1.54, 1.807) is 76.7 Å². The number of unbranched alkanes of at least 4 members (excludes halogenated alkanes) is 10. The molecule has 0 radical (unpaired) electrons. The molecule has 1 aromatic carbocycles. The Labute approximate surface area is 511 Å². The van der Waals surface area contributed by atoms with Gasteiger partial charge in [-0.15, -0.1) is 34.0 Å². The first-order valence-electron chi connectivity index (χ1n) is 26.8. The average molecular weight is 1290 g/mol. The van der Waals surface area contributed by atoms with Gasteiger partial charge in [0.1, 0.15) is 28.7 Å². The Bertz CT molecular complexity index is 3470. The smallest absolute Gasteiger partial charge is 0.753 e. The van der Waals surface area contributed by atoms with Crippen molar-refractivity contribution in [3.05, 3.63) is 144 Å². The monoisotopic (exact) mass is 1290 g/mol. The van der Waals surface area contributed by atoms with Gasteiger partial charge in [-0.3, -0.25) is 24.5 Å². The molecule has 0 aliphatic heterocycles. The van der Waals surface area contributed by atoms with Crippen LogP contribution < -0.4 is 24.0 Å². The van der Waals surface area contributed by atoms with Crippen LogP contribution in [-0.4, -0.2) is 56.4 Å². The fraction of sp³-hybridized carbons (Fsp3) is 0.290. The number of carbonyl (C=O) groups excluding carboxylic acids is 2. The van der Waals surface area contributed by atoms with E-state index in [0.29, 0.717) is 66.1 Å². The summed E-state index contributed by atoms with van der Waals surface area (Å²) in [6.07, 6.45) is 14.6. The zero-order chi connectivity index (χ0) is 58.1. The first-order valence-corrected chi connectivity index (χ1v) is 29.7. The number of rotatable bonds is 27. The fourth-order valence-electron chi connectivity index (χ4n) is 8.52. The molecule has 0 N–H and O–H groups in total. The third-order valence-electron chi connectivity index (χ3n) is 12.5. The SMILES string of the molecule is CCCCCCCCOc1cccc(OCCCCCCCC)c1-c1ccc(-c2ccnc(-c3cc(C(F)(F)F)n[n-]3)c2)s1.Cc1ccc(-c2ccc(-c3ccnc(-c4cc(OC=O)cc(-c5cc(OC=O)ccn5)n4)c3)s2)s1.[N-]=C=S.[Ru+2]. The first-order chi connectivity index (χ1) is 39.9. The van der Waals surface area contributed by atoms with Crippen molar-refractivity contribution in [3.63, 3.8) is 0 Å². The van der Waals surface area contributed by atoms with Crippen LogP contribution in [0.5, 0.6) is 23.0 Å². The van der Waals surface area contributed by atoms with E-state index in [1.165, 1.54) is 77.4 Å². The maximum absolute atomic E-state index is 13.1. The van der Waals surface area contributed by atoms with E-state index in [0.717, 1.165) is 74.6 Å². The molecule has 0 atom stereocenters. The molecule has 8 aromatic heterocycles. The number of ether oxygens (including phenoxy) is 4.